The molecule has 96 valence electrons. The van der Waals surface area contributed by atoms with Gasteiger partial charge in [0.15, 0.2) is 0 Å². The first-order chi connectivity index (χ1) is 8.54. The van der Waals surface area contributed by atoms with Crippen molar-refractivity contribution in [3.05, 3.63) is 35.5 Å². The largest absolute Gasteiger partial charge is 0.361 e. The van der Waals surface area contributed by atoms with Crippen LogP contribution in [-0.2, 0) is 11.8 Å². The molecule has 2 heterocycles. The Kier molecular flexibility index (Phi) is 3.40. The van der Waals surface area contributed by atoms with Crippen molar-refractivity contribution in [1.29, 1.82) is 0 Å². The number of nitrogens with two attached hydrogens (primary N) is 1. The molecule has 0 aromatic carbocycles. The maximum atomic E-state index is 14.1. The van der Waals surface area contributed by atoms with Gasteiger partial charge in [-0.05, 0) is 12.5 Å². The lowest BCUT2D eigenvalue weighted by molar-refractivity contribution is 0.105. The highest BCUT2D eigenvalue weighted by atomic mass is 19.1. The van der Waals surface area contributed by atoms with Crippen LogP contribution in [0.2, 0.25) is 0 Å². The van der Waals surface area contributed by atoms with Crippen LogP contribution in [0, 0.1) is 12.7 Å². The minimum atomic E-state index is -0.721. The number of methoxy groups -OCH3 is 1. The van der Waals surface area contributed by atoms with E-state index >= 15 is 0 Å². The Morgan fingerprint density at radius 1 is 1.44 bits per heavy atom. The predicted molar refractivity (Wildman–Crippen MR) is 65.1 cm³/mol. The minimum Gasteiger partial charge on any atom is -0.361 e. The van der Waals surface area contributed by atoms with E-state index in [-0.39, 0.29) is 5.82 Å². The van der Waals surface area contributed by atoms with Gasteiger partial charge in [-0.1, -0.05) is 0 Å². The van der Waals surface area contributed by atoms with Gasteiger partial charge in [-0.25, -0.2) is 4.39 Å². The van der Waals surface area contributed by atoms with E-state index in [2.05, 4.69) is 10.1 Å². The standard InChI is InChI=1S/C12H15FN4O/c1-7-5-16-17(2)11(7)8-6-15-10(4-9(8)13)12(14)18-3/h4-6,12H,14H2,1-3H3. The van der Waals surface area contributed by atoms with E-state index in [1.165, 1.54) is 19.4 Å². The molecule has 0 aliphatic carbocycles. The van der Waals surface area contributed by atoms with Crippen LogP contribution in [0.5, 0.6) is 0 Å². The van der Waals surface area contributed by atoms with Crippen molar-refractivity contribution in [3.63, 3.8) is 0 Å². The van der Waals surface area contributed by atoms with E-state index in [0.29, 0.717) is 17.0 Å². The van der Waals surface area contributed by atoms with Gasteiger partial charge in [-0.3, -0.25) is 9.67 Å². The van der Waals surface area contributed by atoms with Crippen LogP contribution < -0.4 is 5.73 Å². The van der Waals surface area contributed by atoms with Gasteiger partial charge in [0.05, 0.1) is 23.1 Å². The zero-order valence-electron chi connectivity index (χ0n) is 10.5. The Balaban J connectivity index is 2.48. The Morgan fingerprint density at radius 3 is 2.67 bits per heavy atom. The first kappa shape index (κ1) is 12.7. The second kappa shape index (κ2) is 4.83. The zero-order chi connectivity index (χ0) is 13.3. The van der Waals surface area contributed by atoms with Crippen LogP contribution in [0.3, 0.4) is 0 Å². The minimum absolute atomic E-state index is 0.360. The molecule has 0 radical (unpaired) electrons. The van der Waals surface area contributed by atoms with Gasteiger partial charge in [0.25, 0.3) is 0 Å². The summed E-state index contributed by atoms with van der Waals surface area (Å²) in [5.41, 5.74) is 7.98. The number of nitrogens with zero attached hydrogens (tertiary/aromatic N) is 3. The van der Waals surface area contributed by atoms with Crippen LogP contribution in [-0.4, -0.2) is 21.9 Å². The zero-order valence-corrected chi connectivity index (χ0v) is 10.5. The van der Waals surface area contributed by atoms with Gasteiger partial charge in [-0.2, -0.15) is 5.10 Å². The Morgan fingerprint density at radius 2 is 2.17 bits per heavy atom. The molecule has 1 unspecified atom stereocenters. The highest BCUT2D eigenvalue weighted by molar-refractivity contribution is 5.62. The van der Waals surface area contributed by atoms with E-state index in [9.17, 15) is 4.39 Å². The molecule has 0 aliphatic heterocycles. The summed E-state index contributed by atoms with van der Waals surface area (Å²) in [6, 6.07) is 1.29. The number of aryl methyl sites for hydroxylation is 2. The highest BCUT2D eigenvalue weighted by Gasteiger charge is 2.15. The maximum Gasteiger partial charge on any atom is 0.148 e. The van der Waals surface area contributed by atoms with E-state index in [1.54, 1.807) is 17.9 Å². The number of rotatable bonds is 3. The topological polar surface area (TPSA) is 66.0 Å². The first-order valence-corrected chi connectivity index (χ1v) is 5.47. The van der Waals surface area contributed by atoms with Gasteiger partial charge < -0.3 is 10.5 Å². The fraction of sp³-hybridized carbons (Fsp3) is 0.333. The molecule has 5 nitrogen and oxygen atoms in total. The average molecular weight is 250 g/mol. The van der Waals surface area contributed by atoms with Crippen LogP contribution in [0.25, 0.3) is 11.3 Å². The van der Waals surface area contributed by atoms with E-state index in [1.807, 2.05) is 6.92 Å². The molecule has 0 fully saturated rings. The number of hydrogen-bond acceptors (Lipinski definition) is 4. The number of pyridine rings is 1. The third-order valence-corrected chi connectivity index (χ3v) is 2.80. The normalized spacial score (nSPS) is 12.7. The van der Waals surface area contributed by atoms with Gasteiger partial charge in [-0.15, -0.1) is 0 Å². The lowest BCUT2D eigenvalue weighted by Gasteiger charge is -2.11. The summed E-state index contributed by atoms with van der Waals surface area (Å²) in [6.45, 7) is 1.87. The molecular formula is C12H15FN4O. The molecule has 2 rings (SSSR count). The van der Waals surface area contributed by atoms with Gasteiger partial charge >= 0.3 is 0 Å². The quantitative estimate of drug-likeness (QED) is 0.839. The van der Waals surface area contributed by atoms with Gasteiger partial charge in [0.1, 0.15) is 12.0 Å². The van der Waals surface area contributed by atoms with E-state index in [4.69, 9.17) is 10.5 Å². The van der Waals surface area contributed by atoms with Crippen molar-refractivity contribution in [2.24, 2.45) is 12.8 Å². The fourth-order valence-electron chi connectivity index (χ4n) is 1.83. The lowest BCUT2D eigenvalue weighted by atomic mass is 10.1. The Bertz CT molecular complexity index is 548. The second-order valence-corrected chi connectivity index (χ2v) is 4.05. The summed E-state index contributed by atoms with van der Waals surface area (Å²) in [7, 11) is 3.21. The molecule has 0 bridgehead atoms. The van der Waals surface area contributed by atoms with Crippen molar-refractivity contribution in [3.8, 4) is 11.3 Å². The van der Waals surface area contributed by atoms with Gasteiger partial charge in [0, 0.05) is 26.4 Å². The fourth-order valence-corrected chi connectivity index (χ4v) is 1.83. The Hall–Kier alpha value is -1.79. The summed E-state index contributed by atoms with van der Waals surface area (Å²) in [4.78, 5) is 4.12. The summed E-state index contributed by atoms with van der Waals surface area (Å²) in [5, 5.41) is 4.08. The van der Waals surface area contributed by atoms with Crippen molar-refractivity contribution in [1.82, 2.24) is 14.8 Å². The van der Waals surface area contributed by atoms with E-state index < -0.39 is 6.23 Å². The monoisotopic (exact) mass is 250 g/mol. The van der Waals surface area contributed by atoms with Crippen LogP contribution >= 0.6 is 0 Å². The van der Waals surface area contributed by atoms with Crippen LogP contribution in [0.4, 0.5) is 4.39 Å². The third-order valence-electron chi connectivity index (χ3n) is 2.80. The second-order valence-electron chi connectivity index (χ2n) is 4.05. The summed E-state index contributed by atoms with van der Waals surface area (Å²) < 4.78 is 20.6. The van der Waals surface area contributed by atoms with Crippen molar-refractivity contribution in [2.45, 2.75) is 13.2 Å². The number of hydrogen-bond donors (Lipinski definition) is 1. The van der Waals surface area contributed by atoms with Crippen molar-refractivity contribution in [2.75, 3.05) is 7.11 Å². The molecular weight excluding hydrogens is 235 g/mol. The molecule has 0 saturated heterocycles. The van der Waals surface area contributed by atoms with Crippen molar-refractivity contribution < 1.29 is 9.13 Å². The Labute approximate surface area is 104 Å². The predicted octanol–water partition coefficient (Wildman–Crippen LogP) is 1.53. The lowest BCUT2D eigenvalue weighted by Crippen LogP contribution is -2.14. The molecule has 2 aromatic heterocycles. The maximum absolute atomic E-state index is 14.1. The summed E-state index contributed by atoms with van der Waals surface area (Å²) >= 11 is 0. The third kappa shape index (κ3) is 2.12. The highest BCUT2D eigenvalue weighted by Crippen LogP contribution is 2.25. The molecule has 0 amide bonds. The molecule has 2 N–H and O–H groups in total. The SMILES string of the molecule is COC(N)c1cc(F)c(-c2c(C)cnn2C)cn1. The molecule has 1 atom stereocenters. The summed E-state index contributed by atoms with van der Waals surface area (Å²) in [5.74, 6) is -0.390. The van der Waals surface area contributed by atoms with Crippen molar-refractivity contribution >= 4 is 0 Å². The smallest absolute Gasteiger partial charge is 0.148 e. The molecule has 0 aliphatic rings. The van der Waals surface area contributed by atoms with E-state index in [0.717, 1.165) is 5.56 Å². The molecule has 0 saturated carbocycles. The molecule has 18 heavy (non-hydrogen) atoms. The summed E-state index contributed by atoms with van der Waals surface area (Å²) in [6.07, 6.45) is 2.41. The number of ether oxygens (including phenoxy) is 1. The average Bonchev–Trinajstić information content (AvgIpc) is 2.68. The van der Waals surface area contributed by atoms with Crippen LogP contribution in [0.1, 0.15) is 17.5 Å². The molecule has 6 heteroatoms. The number of aromatic nitrogens is 3. The molecule has 2 aromatic rings. The first-order valence-electron chi connectivity index (χ1n) is 5.47. The van der Waals surface area contributed by atoms with Crippen LogP contribution in [0.15, 0.2) is 18.5 Å². The molecule has 0 spiro atoms. The van der Waals surface area contributed by atoms with Gasteiger partial charge in [0.2, 0.25) is 0 Å². The number of halogens is 1.